The number of imidazole rings is 1. The second-order valence-corrected chi connectivity index (χ2v) is 9.67. The van der Waals surface area contributed by atoms with Gasteiger partial charge in [-0.25, -0.2) is 13.4 Å². The van der Waals surface area contributed by atoms with Crippen LogP contribution in [-0.4, -0.2) is 59.4 Å². The first-order chi connectivity index (χ1) is 13.0. The first-order valence-corrected chi connectivity index (χ1v) is 11.2. The number of aromatic nitrogens is 2. The van der Waals surface area contributed by atoms with E-state index in [9.17, 15) is 8.42 Å². The maximum Gasteiger partial charge on any atom is 0.262 e. The number of nitrogens with zero attached hydrogens (tertiary/aromatic N) is 4. The van der Waals surface area contributed by atoms with Crippen molar-refractivity contribution in [2.45, 2.75) is 48.7 Å². The molecule has 2 aromatic rings. The minimum absolute atomic E-state index is 0.0107. The van der Waals surface area contributed by atoms with Crippen molar-refractivity contribution < 1.29 is 8.42 Å². The van der Waals surface area contributed by atoms with E-state index in [0.717, 1.165) is 32.2 Å². The van der Waals surface area contributed by atoms with Crippen LogP contribution in [0.3, 0.4) is 0 Å². The van der Waals surface area contributed by atoms with Crippen molar-refractivity contribution in [1.29, 1.82) is 0 Å². The monoisotopic (exact) mass is 388 g/mol. The van der Waals surface area contributed by atoms with Gasteiger partial charge in [-0.1, -0.05) is 36.8 Å². The quantitative estimate of drug-likeness (QED) is 0.810. The zero-order chi connectivity index (χ0) is 19.0. The molecular weight excluding hydrogens is 360 g/mol. The average Bonchev–Trinajstić information content (AvgIpc) is 3.03. The van der Waals surface area contributed by atoms with Crippen LogP contribution in [0.2, 0.25) is 0 Å². The summed E-state index contributed by atoms with van der Waals surface area (Å²) in [6.07, 6.45) is 7.07. The Labute approximate surface area is 161 Å². The van der Waals surface area contributed by atoms with Gasteiger partial charge in [-0.05, 0) is 38.4 Å². The highest BCUT2D eigenvalue weighted by Crippen LogP contribution is 2.40. The van der Waals surface area contributed by atoms with Gasteiger partial charge >= 0.3 is 0 Å². The SMILES string of the molecule is CN1CCCC[C@@H]2[C@H]1[C@@H](c1ccccc1)CCN2S(=O)(=O)c1cn(C)cn1. The molecule has 0 unspecified atom stereocenters. The number of rotatable bonds is 3. The van der Waals surface area contributed by atoms with E-state index in [0.29, 0.717) is 12.5 Å². The van der Waals surface area contributed by atoms with Gasteiger partial charge in [0, 0.05) is 37.8 Å². The van der Waals surface area contributed by atoms with E-state index in [2.05, 4.69) is 41.2 Å². The Balaban J connectivity index is 1.72. The molecule has 0 aliphatic carbocycles. The molecule has 1 aromatic carbocycles. The Kier molecular flexibility index (Phi) is 5.09. The molecular formula is C20H28N4O2S. The maximum atomic E-state index is 13.3. The molecule has 0 bridgehead atoms. The minimum atomic E-state index is -3.58. The van der Waals surface area contributed by atoms with E-state index < -0.39 is 10.0 Å². The van der Waals surface area contributed by atoms with Gasteiger partial charge in [-0.2, -0.15) is 4.31 Å². The average molecular weight is 389 g/mol. The topological polar surface area (TPSA) is 58.4 Å². The molecule has 6 nitrogen and oxygen atoms in total. The number of piperidine rings is 1. The van der Waals surface area contributed by atoms with Crippen LogP contribution < -0.4 is 0 Å². The molecule has 7 heteroatoms. The fraction of sp³-hybridized carbons (Fsp3) is 0.550. The van der Waals surface area contributed by atoms with Gasteiger partial charge in [0.15, 0.2) is 5.03 Å². The lowest BCUT2D eigenvalue weighted by Crippen LogP contribution is -2.58. The Morgan fingerprint density at radius 3 is 2.52 bits per heavy atom. The van der Waals surface area contributed by atoms with Gasteiger partial charge in [0.25, 0.3) is 10.0 Å². The number of sulfonamides is 1. The zero-order valence-electron chi connectivity index (χ0n) is 16.0. The van der Waals surface area contributed by atoms with Crippen LogP contribution in [0.5, 0.6) is 0 Å². The molecule has 0 N–H and O–H groups in total. The highest BCUT2D eigenvalue weighted by molar-refractivity contribution is 7.89. The lowest BCUT2D eigenvalue weighted by atomic mass is 9.80. The molecule has 146 valence electrons. The van der Waals surface area contributed by atoms with Gasteiger partial charge in [-0.15, -0.1) is 0 Å². The van der Waals surface area contributed by atoms with Gasteiger partial charge in [0.05, 0.1) is 6.33 Å². The first kappa shape index (κ1) is 18.7. The normalized spacial score (nSPS) is 27.9. The highest BCUT2D eigenvalue weighted by Gasteiger charge is 2.46. The predicted molar refractivity (Wildman–Crippen MR) is 105 cm³/mol. The van der Waals surface area contributed by atoms with Crippen LogP contribution >= 0.6 is 0 Å². The van der Waals surface area contributed by atoms with Crippen LogP contribution in [0.1, 0.15) is 37.2 Å². The molecule has 2 saturated heterocycles. The maximum absolute atomic E-state index is 13.3. The molecule has 0 saturated carbocycles. The summed E-state index contributed by atoms with van der Waals surface area (Å²) in [6.45, 7) is 1.56. The van der Waals surface area contributed by atoms with E-state index >= 15 is 0 Å². The van der Waals surface area contributed by atoms with Gasteiger partial charge in [-0.3, -0.25) is 0 Å². The summed E-state index contributed by atoms with van der Waals surface area (Å²) in [4.78, 5) is 6.52. The lowest BCUT2D eigenvalue weighted by molar-refractivity contribution is 0.0939. The second-order valence-electron chi connectivity index (χ2n) is 7.83. The number of likely N-dealkylation sites (tertiary alicyclic amines) is 1. The van der Waals surface area contributed by atoms with Crippen molar-refractivity contribution >= 4 is 10.0 Å². The van der Waals surface area contributed by atoms with Crippen molar-refractivity contribution in [1.82, 2.24) is 18.8 Å². The van der Waals surface area contributed by atoms with Crippen LogP contribution in [0.4, 0.5) is 0 Å². The molecule has 2 aliphatic rings. The van der Waals surface area contributed by atoms with E-state index in [1.54, 1.807) is 28.4 Å². The van der Waals surface area contributed by atoms with Crippen molar-refractivity contribution in [3.63, 3.8) is 0 Å². The summed E-state index contributed by atoms with van der Waals surface area (Å²) in [5.74, 6) is 0.356. The number of hydrogen-bond donors (Lipinski definition) is 0. The summed E-state index contributed by atoms with van der Waals surface area (Å²) in [5.41, 5.74) is 1.32. The molecule has 27 heavy (non-hydrogen) atoms. The highest BCUT2D eigenvalue weighted by atomic mass is 32.2. The summed E-state index contributed by atoms with van der Waals surface area (Å²) < 4.78 is 30.1. The Morgan fingerprint density at radius 1 is 1.04 bits per heavy atom. The van der Waals surface area contributed by atoms with Crippen molar-refractivity contribution in [3.05, 3.63) is 48.4 Å². The van der Waals surface area contributed by atoms with E-state index in [1.165, 1.54) is 5.56 Å². The smallest absolute Gasteiger partial charge is 0.262 e. The molecule has 0 amide bonds. The molecule has 3 heterocycles. The largest absolute Gasteiger partial charge is 0.339 e. The Bertz CT molecular complexity index is 880. The summed E-state index contributed by atoms with van der Waals surface area (Å²) in [6, 6.07) is 10.8. The number of aryl methyl sites for hydroxylation is 1. The molecule has 3 atom stereocenters. The van der Waals surface area contributed by atoms with Crippen molar-refractivity contribution in [3.8, 4) is 0 Å². The number of fused-ring (bicyclic) bond motifs is 1. The van der Waals surface area contributed by atoms with Crippen molar-refractivity contribution in [2.75, 3.05) is 20.1 Å². The molecule has 0 radical (unpaired) electrons. The standard InChI is InChI=1S/C20H28N4O2S/c1-22-14-19(21-15-22)27(25,26)24-13-11-17(16-8-4-3-5-9-16)20-18(24)10-6-7-12-23(20)2/h3-5,8-9,14-15,17-18,20H,6-7,10-13H2,1-2H3/t17-,18-,20-/m1/s1. The minimum Gasteiger partial charge on any atom is -0.339 e. The molecule has 2 fully saturated rings. The van der Waals surface area contributed by atoms with Crippen LogP contribution in [0.25, 0.3) is 0 Å². The molecule has 4 rings (SSSR count). The van der Waals surface area contributed by atoms with E-state index in [4.69, 9.17) is 0 Å². The third-order valence-corrected chi connectivity index (χ3v) is 7.90. The molecule has 2 aliphatic heterocycles. The zero-order valence-corrected chi connectivity index (χ0v) is 16.8. The number of hydrogen-bond acceptors (Lipinski definition) is 4. The fourth-order valence-electron chi connectivity index (χ4n) is 4.83. The molecule has 1 aromatic heterocycles. The number of likely N-dealkylation sites (N-methyl/N-ethyl adjacent to an activating group) is 1. The fourth-order valence-corrected chi connectivity index (χ4v) is 6.48. The third-order valence-electron chi connectivity index (χ3n) is 6.09. The van der Waals surface area contributed by atoms with Gasteiger partial charge in [0.2, 0.25) is 0 Å². The Morgan fingerprint density at radius 2 is 1.81 bits per heavy atom. The van der Waals surface area contributed by atoms with Gasteiger partial charge in [0.1, 0.15) is 0 Å². The van der Waals surface area contributed by atoms with E-state index in [1.807, 2.05) is 6.07 Å². The summed E-state index contributed by atoms with van der Waals surface area (Å²) in [7, 11) is 0.368. The first-order valence-electron chi connectivity index (χ1n) is 9.73. The Hall–Kier alpha value is -1.70. The summed E-state index contributed by atoms with van der Waals surface area (Å²) in [5, 5.41) is 0.161. The lowest BCUT2D eigenvalue weighted by Gasteiger charge is -2.47. The number of benzene rings is 1. The predicted octanol–water partition coefficient (Wildman–Crippen LogP) is 2.45. The van der Waals surface area contributed by atoms with Crippen molar-refractivity contribution in [2.24, 2.45) is 7.05 Å². The third kappa shape index (κ3) is 3.44. The van der Waals surface area contributed by atoms with Crippen LogP contribution in [-0.2, 0) is 17.1 Å². The van der Waals surface area contributed by atoms with Gasteiger partial charge < -0.3 is 9.47 Å². The van der Waals surface area contributed by atoms with Crippen LogP contribution in [0.15, 0.2) is 47.9 Å². The molecule has 0 spiro atoms. The summed E-state index contributed by atoms with van der Waals surface area (Å²) >= 11 is 0. The second kappa shape index (κ2) is 7.37. The van der Waals surface area contributed by atoms with E-state index in [-0.39, 0.29) is 17.1 Å². The van der Waals surface area contributed by atoms with Crippen LogP contribution in [0, 0.1) is 0 Å².